The summed E-state index contributed by atoms with van der Waals surface area (Å²) in [4.78, 5) is 0. The molecule has 3 aliphatic heterocycles. The van der Waals surface area contributed by atoms with E-state index in [1.807, 2.05) is 0 Å². The van der Waals surface area contributed by atoms with Gasteiger partial charge in [0, 0.05) is 12.1 Å². The molecule has 16 heteroatoms. The van der Waals surface area contributed by atoms with Gasteiger partial charge in [-0.3, -0.25) is 0 Å². The van der Waals surface area contributed by atoms with Crippen LogP contribution in [0, 0.1) is 0 Å². The van der Waals surface area contributed by atoms with Crippen LogP contribution in [0.2, 0.25) is 0 Å². The van der Waals surface area contributed by atoms with Gasteiger partial charge in [-0.25, -0.2) is 0 Å². The number of hydrogen-bond donors (Lipinski definition) is 11. The first kappa shape index (κ1) is 28.4. The predicted octanol–water partition coefficient (Wildman–Crippen LogP) is -7.27. The summed E-state index contributed by atoms with van der Waals surface area (Å²) in [5.41, 5.74) is 11.8. The average molecular weight is 528 g/mol. The van der Waals surface area contributed by atoms with Gasteiger partial charge in [0.2, 0.25) is 0 Å². The van der Waals surface area contributed by atoms with E-state index in [0.29, 0.717) is 0 Å². The second-order valence-electron chi connectivity index (χ2n) is 9.72. The van der Waals surface area contributed by atoms with Gasteiger partial charge in [-0.05, 0) is 13.5 Å². The third-order valence-electron chi connectivity index (χ3n) is 7.42. The molecule has 3 heterocycles. The Balaban J connectivity index is 1.62. The zero-order valence-electron chi connectivity index (χ0n) is 19.6. The number of aliphatic hydroxyl groups excluding tert-OH is 8. The van der Waals surface area contributed by atoms with Crippen molar-refractivity contribution in [2.75, 3.05) is 20.3 Å². The van der Waals surface area contributed by atoms with Crippen molar-refractivity contribution in [1.82, 2.24) is 5.32 Å². The van der Waals surface area contributed by atoms with Crippen LogP contribution in [-0.4, -0.2) is 159 Å². The lowest BCUT2D eigenvalue weighted by molar-refractivity contribution is -0.439. The molecule has 0 aromatic heterocycles. The molecule has 36 heavy (non-hydrogen) atoms. The fourth-order valence-electron chi connectivity index (χ4n) is 5.23. The Labute approximate surface area is 206 Å². The molecule has 0 aromatic rings. The van der Waals surface area contributed by atoms with E-state index in [1.54, 1.807) is 7.05 Å². The molecule has 4 aliphatic rings. The van der Waals surface area contributed by atoms with Crippen molar-refractivity contribution in [3.63, 3.8) is 0 Å². The Morgan fingerprint density at radius 2 is 1.61 bits per heavy atom. The minimum Gasteiger partial charge on any atom is -0.395 e. The Morgan fingerprint density at radius 1 is 0.944 bits per heavy atom. The van der Waals surface area contributed by atoms with E-state index in [4.69, 9.17) is 35.2 Å². The molecule has 0 amide bonds. The number of nitrogens with two attached hydrogens (primary N) is 2. The minimum absolute atomic E-state index is 0.254. The van der Waals surface area contributed by atoms with Gasteiger partial charge >= 0.3 is 5.97 Å². The molecular formula is C20H37N3O13. The van der Waals surface area contributed by atoms with Gasteiger partial charge in [-0.2, -0.15) is 0 Å². The van der Waals surface area contributed by atoms with Crippen molar-refractivity contribution in [1.29, 1.82) is 0 Å². The number of ether oxygens (including phenoxy) is 5. The molecule has 4 fully saturated rings. The van der Waals surface area contributed by atoms with Gasteiger partial charge in [0.15, 0.2) is 12.4 Å². The van der Waals surface area contributed by atoms with Crippen LogP contribution in [0.5, 0.6) is 0 Å². The number of likely N-dealkylation sites (N-methyl/N-ethyl adjacent to an activating group) is 1. The number of nitrogens with one attached hydrogen (secondary N) is 1. The van der Waals surface area contributed by atoms with Crippen molar-refractivity contribution in [2.45, 2.75) is 104 Å². The quantitative estimate of drug-likeness (QED) is 0.153. The smallest absolute Gasteiger partial charge is 0.314 e. The van der Waals surface area contributed by atoms with Crippen molar-refractivity contribution in [3.05, 3.63) is 0 Å². The van der Waals surface area contributed by atoms with E-state index < -0.39 is 111 Å². The first-order valence-corrected chi connectivity index (χ1v) is 11.8. The summed E-state index contributed by atoms with van der Waals surface area (Å²) >= 11 is 0. The maximum Gasteiger partial charge on any atom is 0.314 e. The summed E-state index contributed by atoms with van der Waals surface area (Å²) in [6.07, 6.45) is -17.7. The van der Waals surface area contributed by atoms with Crippen molar-refractivity contribution in [2.24, 2.45) is 11.5 Å². The number of hydrogen-bond acceptors (Lipinski definition) is 16. The summed E-state index contributed by atoms with van der Waals surface area (Å²) in [6.45, 7) is -1.33. The van der Waals surface area contributed by atoms with E-state index >= 15 is 0 Å². The van der Waals surface area contributed by atoms with E-state index in [2.05, 4.69) is 5.32 Å². The van der Waals surface area contributed by atoms with E-state index in [1.165, 1.54) is 0 Å². The molecule has 3 saturated heterocycles. The predicted molar refractivity (Wildman–Crippen MR) is 115 cm³/mol. The molecule has 0 bridgehead atoms. The molecule has 1 unspecified atom stereocenters. The normalized spacial score (nSPS) is 54.4. The highest BCUT2D eigenvalue weighted by Crippen LogP contribution is 2.45. The highest BCUT2D eigenvalue weighted by molar-refractivity contribution is 5.05. The zero-order valence-corrected chi connectivity index (χ0v) is 19.6. The molecule has 4 rings (SSSR count). The molecule has 16 nitrogen and oxygen atoms in total. The Bertz CT molecular complexity index is 756. The summed E-state index contributed by atoms with van der Waals surface area (Å²) in [7, 11) is 1.60. The molecule has 13 N–H and O–H groups in total. The molecule has 1 aliphatic carbocycles. The Morgan fingerprint density at radius 3 is 2.22 bits per heavy atom. The summed E-state index contributed by atoms with van der Waals surface area (Å²) in [5, 5.41) is 85.6. The monoisotopic (exact) mass is 527 g/mol. The van der Waals surface area contributed by atoms with Gasteiger partial charge in [-0.15, -0.1) is 0 Å². The Hall–Kier alpha value is -0.640. The third kappa shape index (κ3) is 4.68. The first-order valence-electron chi connectivity index (χ1n) is 11.8. The van der Waals surface area contributed by atoms with Crippen molar-refractivity contribution >= 4 is 0 Å². The van der Waals surface area contributed by atoms with Crippen LogP contribution < -0.4 is 16.8 Å². The fraction of sp³-hybridized carbons (Fsp3) is 1.00. The van der Waals surface area contributed by atoms with E-state index in [-0.39, 0.29) is 6.42 Å². The Kier molecular flexibility index (Phi) is 8.55. The average Bonchev–Trinajstić information content (AvgIpc) is 3.27. The van der Waals surface area contributed by atoms with Crippen LogP contribution in [0.4, 0.5) is 0 Å². The topological polar surface area (TPSA) is 272 Å². The highest BCUT2D eigenvalue weighted by Gasteiger charge is 2.67. The third-order valence-corrected chi connectivity index (χ3v) is 7.42. The van der Waals surface area contributed by atoms with Crippen LogP contribution in [-0.2, 0) is 23.7 Å². The molecule has 1 saturated carbocycles. The van der Waals surface area contributed by atoms with Gasteiger partial charge < -0.3 is 81.3 Å². The molecule has 0 aromatic carbocycles. The van der Waals surface area contributed by atoms with Crippen molar-refractivity contribution < 1.29 is 64.5 Å². The number of fused-ring (bicyclic) bond motifs is 1. The number of aliphatic hydroxyl groups is 8. The summed E-state index contributed by atoms with van der Waals surface area (Å²) in [5.74, 6) is -2.48. The lowest BCUT2D eigenvalue weighted by atomic mass is 9.84. The van der Waals surface area contributed by atoms with E-state index in [0.717, 1.165) is 0 Å². The largest absolute Gasteiger partial charge is 0.395 e. The first-order chi connectivity index (χ1) is 17.0. The van der Waals surface area contributed by atoms with Crippen LogP contribution in [0.1, 0.15) is 6.42 Å². The van der Waals surface area contributed by atoms with Gasteiger partial charge in [0.25, 0.3) is 0 Å². The zero-order chi connectivity index (χ0) is 26.5. The molecule has 1 spiro atoms. The van der Waals surface area contributed by atoms with Crippen LogP contribution in [0.3, 0.4) is 0 Å². The summed E-state index contributed by atoms with van der Waals surface area (Å²) in [6, 6.07) is -2.50. The van der Waals surface area contributed by atoms with Gasteiger partial charge in [0.05, 0.1) is 31.5 Å². The lowest BCUT2D eigenvalue weighted by Crippen LogP contribution is -2.69. The van der Waals surface area contributed by atoms with Crippen LogP contribution in [0.15, 0.2) is 0 Å². The molecule has 210 valence electrons. The second kappa shape index (κ2) is 10.9. The van der Waals surface area contributed by atoms with Crippen LogP contribution in [0.25, 0.3) is 0 Å². The summed E-state index contributed by atoms with van der Waals surface area (Å²) < 4.78 is 28.7. The lowest BCUT2D eigenvalue weighted by Gasteiger charge is -2.46. The maximum atomic E-state index is 10.7. The second-order valence-corrected chi connectivity index (χ2v) is 9.72. The number of rotatable bonds is 6. The molecule has 0 radical (unpaired) electrons. The standard InChI is InChI=1S/C20H37N3O13/c1-23-7-2-5(21)9(26)15(10(7)27)33-19-17-16(11(28)8(4-25)32-19)35-20(36-17)18(31)13(30)12(29)14(34-20)6(22)3-24/h5-19,23-31H,2-4,21-22H2,1H3/t5-,6-,7+,8+,9+,10-,11-,12+,13-,14+,15-,16-,17-,18+,19-,20?/m0/s1. The van der Waals surface area contributed by atoms with Crippen molar-refractivity contribution in [3.8, 4) is 0 Å². The SMILES string of the molecule is CN[C@@H]1C[C@H](N)[C@@H](O)[C@H](O[C@@H]2O[C@H](CO)[C@H](O)[C@@H]3OC4(O[C@H]23)O[C@H]([C@@H](N)CO)[C@H](O)[C@H](O)[C@H]4O)[C@H]1O. The van der Waals surface area contributed by atoms with E-state index in [9.17, 15) is 40.9 Å². The maximum absolute atomic E-state index is 10.7. The minimum atomic E-state index is -2.48. The van der Waals surface area contributed by atoms with Gasteiger partial charge in [0.1, 0.15) is 48.8 Å². The fourth-order valence-corrected chi connectivity index (χ4v) is 5.23. The van der Waals surface area contributed by atoms with Crippen LogP contribution >= 0.6 is 0 Å². The van der Waals surface area contributed by atoms with Gasteiger partial charge in [-0.1, -0.05) is 0 Å². The highest BCUT2D eigenvalue weighted by atomic mass is 16.9. The molecular weight excluding hydrogens is 490 g/mol. The molecule has 16 atom stereocenters.